The number of carbonyl (C=O) groups is 3. The van der Waals surface area contributed by atoms with E-state index in [0.717, 1.165) is 17.7 Å². The first-order chi connectivity index (χ1) is 16.0. The molecule has 2 atom stereocenters. The van der Waals surface area contributed by atoms with E-state index in [9.17, 15) is 18.8 Å². The molecule has 1 aliphatic heterocycles. The maximum absolute atomic E-state index is 13.2. The SMILES string of the molecule is O=C(O[C@H]1C(=O)C=CN(C(=O)/C=C/c2ccccc2)[C@@H]1c1ccccc1)c1ccc(F)cc1. The van der Waals surface area contributed by atoms with E-state index >= 15 is 0 Å². The Hall–Kier alpha value is -4.32. The van der Waals surface area contributed by atoms with Crippen LogP contribution in [-0.2, 0) is 14.3 Å². The van der Waals surface area contributed by atoms with Crippen LogP contribution in [0.5, 0.6) is 0 Å². The highest BCUT2D eigenvalue weighted by Crippen LogP contribution is 2.32. The summed E-state index contributed by atoms with van der Waals surface area (Å²) in [6.45, 7) is 0. The fourth-order valence-electron chi connectivity index (χ4n) is 3.55. The number of amides is 1. The highest BCUT2D eigenvalue weighted by Gasteiger charge is 2.40. The fraction of sp³-hybridized carbons (Fsp3) is 0.0741. The summed E-state index contributed by atoms with van der Waals surface area (Å²) in [6, 6.07) is 22.2. The van der Waals surface area contributed by atoms with Crippen LogP contribution in [0.25, 0.3) is 6.08 Å². The molecule has 6 heteroatoms. The molecule has 0 unspecified atom stereocenters. The minimum absolute atomic E-state index is 0.104. The van der Waals surface area contributed by atoms with Crippen molar-refractivity contribution in [2.24, 2.45) is 0 Å². The average Bonchev–Trinajstić information content (AvgIpc) is 2.85. The summed E-state index contributed by atoms with van der Waals surface area (Å²) in [5.41, 5.74) is 1.58. The van der Waals surface area contributed by atoms with Crippen LogP contribution >= 0.6 is 0 Å². The normalized spacial score (nSPS) is 17.8. The zero-order valence-electron chi connectivity index (χ0n) is 17.5. The van der Waals surface area contributed by atoms with Gasteiger partial charge in [0, 0.05) is 18.4 Å². The molecule has 4 rings (SSSR count). The smallest absolute Gasteiger partial charge is 0.338 e. The molecule has 0 aromatic heterocycles. The highest BCUT2D eigenvalue weighted by molar-refractivity contribution is 6.01. The van der Waals surface area contributed by atoms with Crippen LogP contribution in [0.4, 0.5) is 4.39 Å². The third-order valence-electron chi connectivity index (χ3n) is 5.19. The summed E-state index contributed by atoms with van der Waals surface area (Å²) in [5, 5.41) is 0. The number of ether oxygens (including phenoxy) is 1. The van der Waals surface area contributed by atoms with Gasteiger partial charge in [-0.2, -0.15) is 0 Å². The third-order valence-corrected chi connectivity index (χ3v) is 5.19. The molecule has 0 spiro atoms. The molecule has 3 aromatic rings. The summed E-state index contributed by atoms with van der Waals surface area (Å²) in [6.07, 6.45) is 4.44. The van der Waals surface area contributed by atoms with Gasteiger partial charge in [0.05, 0.1) is 5.56 Å². The van der Waals surface area contributed by atoms with Gasteiger partial charge in [0.1, 0.15) is 11.9 Å². The number of hydrogen-bond donors (Lipinski definition) is 0. The largest absolute Gasteiger partial charge is 0.448 e. The van der Waals surface area contributed by atoms with Gasteiger partial charge in [-0.25, -0.2) is 9.18 Å². The Labute approximate surface area is 190 Å². The Kier molecular flexibility index (Phi) is 6.55. The Morgan fingerprint density at radius 3 is 2.18 bits per heavy atom. The molecule has 164 valence electrons. The molecule has 0 radical (unpaired) electrons. The molecule has 0 saturated heterocycles. The van der Waals surface area contributed by atoms with E-state index in [2.05, 4.69) is 0 Å². The van der Waals surface area contributed by atoms with Gasteiger partial charge in [0.2, 0.25) is 0 Å². The number of carbonyl (C=O) groups excluding carboxylic acids is 3. The number of halogens is 1. The number of benzene rings is 3. The lowest BCUT2D eigenvalue weighted by molar-refractivity contribution is -0.135. The molecule has 33 heavy (non-hydrogen) atoms. The van der Waals surface area contributed by atoms with Crippen molar-refractivity contribution in [3.63, 3.8) is 0 Å². The lowest BCUT2D eigenvalue weighted by Crippen LogP contribution is -2.45. The maximum atomic E-state index is 13.2. The molecule has 1 amide bonds. The van der Waals surface area contributed by atoms with Crippen molar-refractivity contribution in [3.05, 3.63) is 126 Å². The van der Waals surface area contributed by atoms with Gasteiger partial charge in [-0.15, -0.1) is 0 Å². The minimum Gasteiger partial charge on any atom is -0.448 e. The monoisotopic (exact) mass is 441 g/mol. The van der Waals surface area contributed by atoms with Crippen LogP contribution in [0.1, 0.15) is 27.5 Å². The van der Waals surface area contributed by atoms with Crippen molar-refractivity contribution in [1.82, 2.24) is 4.90 Å². The number of ketones is 1. The van der Waals surface area contributed by atoms with E-state index < -0.39 is 29.7 Å². The lowest BCUT2D eigenvalue weighted by atomic mass is 9.94. The summed E-state index contributed by atoms with van der Waals surface area (Å²) in [5.74, 6) is -2.10. The second-order valence-electron chi connectivity index (χ2n) is 7.40. The molecule has 0 aliphatic carbocycles. The predicted octanol–water partition coefficient (Wildman–Crippen LogP) is 4.73. The van der Waals surface area contributed by atoms with E-state index in [1.54, 1.807) is 30.3 Å². The van der Waals surface area contributed by atoms with E-state index in [0.29, 0.717) is 5.56 Å². The van der Waals surface area contributed by atoms with Crippen LogP contribution in [-0.4, -0.2) is 28.7 Å². The second kappa shape index (κ2) is 9.87. The van der Waals surface area contributed by atoms with Crippen molar-refractivity contribution in [3.8, 4) is 0 Å². The van der Waals surface area contributed by atoms with Crippen molar-refractivity contribution in [2.45, 2.75) is 12.1 Å². The van der Waals surface area contributed by atoms with Crippen molar-refractivity contribution < 1.29 is 23.5 Å². The van der Waals surface area contributed by atoms with Crippen LogP contribution in [0.15, 0.2) is 103 Å². The topological polar surface area (TPSA) is 63.7 Å². The zero-order valence-corrected chi connectivity index (χ0v) is 17.5. The Balaban J connectivity index is 1.65. The van der Waals surface area contributed by atoms with E-state index in [-0.39, 0.29) is 11.5 Å². The van der Waals surface area contributed by atoms with E-state index in [1.165, 1.54) is 35.4 Å². The zero-order chi connectivity index (χ0) is 23.2. The van der Waals surface area contributed by atoms with Crippen LogP contribution in [0.3, 0.4) is 0 Å². The standard InChI is InChI=1S/C27H20FNO4/c28-22-14-12-21(13-15-22)27(32)33-26-23(30)17-18-29(25(26)20-9-5-2-6-10-20)24(31)16-11-19-7-3-1-4-8-19/h1-18,25-26H/b16-11+/t25-,26+/m1/s1. The predicted molar refractivity (Wildman–Crippen MR) is 121 cm³/mol. The Bertz CT molecular complexity index is 1200. The van der Waals surface area contributed by atoms with Gasteiger partial charge < -0.3 is 9.64 Å². The van der Waals surface area contributed by atoms with Gasteiger partial charge >= 0.3 is 5.97 Å². The number of rotatable bonds is 5. The van der Waals surface area contributed by atoms with E-state index in [4.69, 9.17) is 4.74 Å². The molecule has 3 aromatic carbocycles. The first-order valence-corrected chi connectivity index (χ1v) is 10.3. The Morgan fingerprint density at radius 1 is 0.879 bits per heavy atom. The molecule has 1 heterocycles. The molecular weight excluding hydrogens is 421 g/mol. The van der Waals surface area contributed by atoms with Gasteiger partial charge in [-0.1, -0.05) is 60.7 Å². The molecular formula is C27H20FNO4. The summed E-state index contributed by atoms with van der Waals surface area (Å²) in [7, 11) is 0. The minimum atomic E-state index is -1.26. The lowest BCUT2D eigenvalue weighted by Gasteiger charge is -2.36. The van der Waals surface area contributed by atoms with Gasteiger partial charge in [0.25, 0.3) is 5.91 Å². The van der Waals surface area contributed by atoms with Crippen molar-refractivity contribution >= 4 is 23.7 Å². The van der Waals surface area contributed by atoms with Crippen LogP contribution < -0.4 is 0 Å². The molecule has 0 fully saturated rings. The summed E-state index contributed by atoms with van der Waals surface area (Å²) < 4.78 is 18.8. The maximum Gasteiger partial charge on any atom is 0.338 e. The highest BCUT2D eigenvalue weighted by atomic mass is 19.1. The molecule has 5 nitrogen and oxygen atoms in total. The molecule has 0 bridgehead atoms. The van der Waals surface area contributed by atoms with E-state index in [1.807, 2.05) is 36.4 Å². The number of hydrogen-bond acceptors (Lipinski definition) is 4. The van der Waals surface area contributed by atoms with Crippen molar-refractivity contribution in [1.29, 1.82) is 0 Å². The van der Waals surface area contributed by atoms with Crippen LogP contribution in [0, 0.1) is 5.82 Å². The quantitative estimate of drug-likeness (QED) is 0.424. The van der Waals surface area contributed by atoms with Crippen LogP contribution in [0.2, 0.25) is 0 Å². The van der Waals surface area contributed by atoms with Gasteiger partial charge in [0.15, 0.2) is 11.9 Å². The van der Waals surface area contributed by atoms with Gasteiger partial charge in [-0.3, -0.25) is 9.59 Å². The molecule has 1 aliphatic rings. The second-order valence-corrected chi connectivity index (χ2v) is 7.40. The number of nitrogens with zero attached hydrogens (tertiary/aromatic N) is 1. The first-order valence-electron chi connectivity index (χ1n) is 10.3. The number of esters is 1. The van der Waals surface area contributed by atoms with Gasteiger partial charge in [-0.05, 0) is 41.5 Å². The van der Waals surface area contributed by atoms with Crippen molar-refractivity contribution in [2.75, 3.05) is 0 Å². The fourth-order valence-corrected chi connectivity index (χ4v) is 3.55. The Morgan fingerprint density at radius 2 is 1.52 bits per heavy atom. The summed E-state index contributed by atoms with van der Waals surface area (Å²) in [4.78, 5) is 39.9. The average molecular weight is 441 g/mol. The first kappa shape index (κ1) is 21.9. The molecule has 0 N–H and O–H groups in total. The third kappa shape index (κ3) is 5.13. The summed E-state index contributed by atoms with van der Waals surface area (Å²) >= 11 is 0. The molecule has 0 saturated carbocycles.